The van der Waals surface area contributed by atoms with E-state index < -0.39 is 0 Å². The minimum atomic E-state index is -0.0494. The predicted molar refractivity (Wildman–Crippen MR) is 72.1 cm³/mol. The minimum Gasteiger partial charge on any atom is -0.377 e. The summed E-state index contributed by atoms with van der Waals surface area (Å²) in [6.45, 7) is 3.84. The van der Waals surface area contributed by atoms with Crippen LogP contribution in [0.2, 0.25) is 0 Å². The van der Waals surface area contributed by atoms with Crippen LogP contribution in [0.25, 0.3) is 0 Å². The van der Waals surface area contributed by atoms with Gasteiger partial charge in [0.25, 0.3) is 0 Å². The molecule has 1 aromatic rings. The van der Waals surface area contributed by atoms with E-state index in [0.717, 1.165) is 37.5 Å². The summed E-state index contributed by atoms with van der Waals surface area (Å²) in [5.41, 5.74) is 0. The number of aromatic nitrogens is 3. The number of nitrogens with one attached hydrogen (secondary N) is 1. The van der Waals surface area contributed by atoms with Gasteiger partial charge in [-0.3, -0.25) is 4.79 Å². The smallest absolute Gasteiger partial charge is 0.246 e. The first kappa shape index (κ1) is 14.9. The van der Waals surface area contributed by atoms with Crippen LogP contribution in [0, 0.1) is 0 Å². The highest BCUT2D eigenvalue weighted by Gasteiger charge is 2.21. The third-order valence-electron chi connectivity index (χ3n) is 3.40. The first-order valence-corrected chi connectivity index (χ1v) is 7.01. The van der Waals surface area contributed by atoms with Crippen LogP contribution in [0.3, 0.4) is 0 Å². The number of carbonyl (C=O) groups excluding carboxylic acids is 1. The minimum absolute atomic E-state index is 0.0494. The summed E-state index contributed by atoms with van der Waals surface area (Å²) in [4.78, 5) is 11.7. The number of hydrogen-bond acceptors (Lipinski definition) is 5. The Hall–Kier alpha value is -1.47. The molecule has 0 radical (unpaired) electrons. The maximum atomic E-state index is 11.7. The Kier molecular flexibility index (Phi) is 5.49. The van der Waals surface area contributed by atoms with E-state index in [4.69, 9.17) is 9.47 Å². The van der Waals surface area contributed by atoms with Crippen LogP contribution in [-0.4, -0.2) is 47.0 Å². The average Bonchev–Trinajstić information content (AvgIpc) is 2.71. The van der Waals surface area contributed by atoms with Crippen molar-refractivity contribution in [2.24, 2.45) is 0 Å². The van der Waals surface area contributed by atoms with Gasteiger partial charge in [-0.15, -0.1) is 10.2 Å². The molecule has 0 bridgehead atoms. The average molecular weight is 282 g/mol. The van der Waals surface area contributed by atoms with E-state index in [-0.39, 0.29) is 18.6 Å². The number of ether oxygens (including phenoxy) is 2. The van der Waals surface area contributed by atoms with Crippen molar-refractivity contribution in [3.05, 3.63) is 11.6 Å². The first-order chi connectivity index (χ1) is 9.74. The Balaban J connectivity index is 1.89. The number of methoxy groups -OCH3 is 1. The fourth-order valence-electron chi connectivity index (χ4n) is 2.39. The molecule has 1 aliphatic rings. The molecule has 112 valence electrons. The van der Waals surface area contributed by atoms with Gasteiger partial charge in [-0.05, 0) is 19.8 Å². The SMILES string of the molecule is CCOCC(=O)NC1CCc2nnc(COC)n2CC1. The molecule has 7 nitrogen and oxygen atoms in total. The van der Waals surface area contributed by atoms with E-state index in [2.05, 4.69) is 20.1 Å². The summed E-state index contributed by atoms with van der Waals surface area (Å²) >= 11 is 0. The van der Waals surface area contributed by atoms with Gasteiger partial charge >= 0.3 is 0 Å². The topological polar surface area (TPSA) is 78.3 Å². The first-order valence-electron chi connectivity index (χ1n) is 7.01. The van der Waals surface area contributed by atoms with E-state index in [1.54, 1.807) is 7.11 Å². The van der Waals surface area contributed by atoms with Crippen LogP contribution in [0.5, 0.6) is 0 Å². The zero-order valence-electron chi connectivity index (χ0n) is 12.1. The molecule has 0 fully saturated rings. The molecule has 0 saturated carbocycles. The molecule has 1 amide bonds. The lowest BCUT2D eigenvalue weighted by Crippen LogP contribution is -2.37. The van der Waals surface area contributed by atoms with Gasteiger partial charge < -0.3 is 19.4 Å². The Bertz CT molecular complexity index is 447. The molecule has 1 aromatic heterocycles. The molecule has 2 rings (SSSR count). The van der Waals surface area contributed by atoms with Crippen LogP contribution >= 0.6 is 0 Å². The Morgan fingerprint density at radius 1 is 1.45 bits per heavy atom. The second-order valence-electron chi connectivity index (χ2n) is 4.85. The summed E-state index contributed by atoms with van der Waals surface area (Å²) in [5.74, 6) is 1.77. The quantitative estimate of drug-likeness (QED) is 0.811. The van der Waals surface area contributed by atoms with Crippen molar-refractivity contribution in [3.8, 4) is 0 Å². The van der Waals surface area contributed by atoms with Crippen LogP contribution in [0.4, 0.5) is 0 Å². The molecule has 20 heavy (non-hydrogen) atoms. The molecule has 1 unspecified atom stereocenters. The van der Waals surface area contributed by atoms with Crippen molar-refractivity contribution >= 4 is 5.91 Å². The normalized spacial score (nSPS) is 18.4. The fourth-order valence-corrected chi connectivity index (χ4v) is 2.39. The number of aryl methyl sites for hydroxylation is 1. The van der Waals surface area contributed by atoms with Gasteiger partial charge in [-0.25, -0.2) is 0 Å². The zero-order valence-corrected chi connectivity index (χ0v) is 12.1. The lowest BCUT2D eigenvalue weighted by Gasteiger charge is -2.16. The van der Waals surface area contributed by atoms with Crippen molar-refractivity contribution in [2.45, 2.75) is 45.4 Å². The molecule has 0 spiro atoms. The molecular formula is C13H22N4O3. The number of fused-ring (bicyclic) bond motifs is 1. The highest BCUT2D eigenvalue weighted by Crippen LogP contribution is 2.15. The second kappa shape index (κ2) is 7.35. The molecule has 2 heterocycles. The fraction of sp³-hybridized carbons (Fsp3) is 0.769. The maximum absolute atomic E-state index is 11.7. The van der Waals surface area contributed by atoms with Crippen LogP contribution in [0.1, 0.15) is 31.4 Å². The van der Waals surface area contributed by atoms with Gasteiger partial charge in [0.15, 0.2) is 5.82 Å². The lowest BCUT2D eigenvalue weighted by atomic mass is 10.1. The standard InChI is InChI=1S/C13H22N4O3/c1-3-20-9-13(18)14-10-4-5-11-15-16-12(8-19-2)17(11)7-6-10/h10H,3-9H2,1-2H3,(H,14,18). The highest BCUT2D eigenvalue weighted by atomic mass is 16.5. The number of rotatable bonds is 6. The molecule has 1 N–H and O–H groups in total. The molecule has 1 aliphatic heterocycles. The van der Waals surface area contributed by atoms with Gasteiger partial charge in [0.2, 0.25) is 5.91 Å². The highest BCUT2D eigenvalue weighted by molar-refractivity contribution is 5.77. The zero-order chi connectivity index (χ0) is 14.4. The Labute approximate surface area is 118 Å². The number of amides is 1. The molecule has 0 aromatic carbocycles. The van der Waals surface area contributed by atoms with E-state index >= 15 is 0 Å². The molecule has 0 saturated heterocycles. The van der Waals surface area contributed by atoms with Gasteiger partial charge in [-0.2, -0.15) is 0 Å². The van der Waals surface area contributed by atoms with Crippen molar-refractivity contribution < 1.29 is 14.3 Å². The van der Waals surface area contributed by atoms with E-state index in [0.29, 0.717) is 13.2 Å². The third-order valence-corrected chi connectivity index (χ3v) is 3.40. The van der Waals surface area contributed by atoms with Gasteiger partial charge in [0, 0.05) is 32.7 Å². The van der Waals surface area contributed by atoms with Crippen molar-refractivity contribution in [3.63, 3.8) is 0 Å². The number of nitrogens with zero attached hydrogens (tertiary/aromatic N) is 3. The molecule has 1 atom stereocenters. The van der Waals surface area contributed by atoms with Crippen molar-refractivity contribution in [1.82, 2.24) is 20.1 Å². The van der Waals surface area contributed by atoms with E-state index in [1.807, 2.05) is 6.92 Å². The largest absolute Gasteiger partial charge is 0.377 e. The van der Waals surface area contributed by atoms with E-state index in [9.17, 15) is 4.79 Å². The van der Waals surface area contributed by atoms with Gasteiger partial charge in [0.1, 0.15) is 19.0 Å². The Morgan fingerprint density at radius 3 is 3.05 bits per heavy atom. The molecular weight excluding hydrogens is 260 g/mol. The third kappa shape index (κ3) is 3.77. The van der Waals surface area contributed by atoms with Crippen molar-refractivity contribution in [1.29, 1.82) is 0 Å². The second-order valence-corrected chi connectivity index (χ2v) is 4.85. The van der Waals surface area contributed by atoms with E-state index in [1.165, 1.54) is 0 Å². The van der Waals surface area contributed by atoms with Crippen LogP contribution in [0.15, 0.2) is 0 Å². The predicted octanol–water partition coefficient (Wildman–Crippen LogP) is 0.282. The van der Waals surface area contributed by atoms with Gasteiger partial charge in [0.05, 0.1) is 0 Å². The number of carbonyl (C=O) groups is 1. The van der Waals surface area contributed by atoms with Crippen molar-refractivity contribution in [2.75, 3.05) is 20.3 Å². The van der Waals surface area contributed by atoms with Crippen LogP contribution in [-0.2, 0) is 33.8 Å². The van der Waals surface area contributed by atoms with Crippen LogP contribution < -0.4 is 5.32 Å². The summed E-state index contributed by atoms with van der Waals surface area (Å²) < 4.78 is 12.3. The summed E-state index contributed by atoms with van der Waals surface area (Å²) in [6, 6.07) is 0.167. The summed E-state index contributed by atoms with van der Waals surface area (Å²) in [5, 5.41) is 11.3. The summed E-state index contributed by atoms with van der Waals surface area (Å²) in [7, 11) is 1.65. The maximum Gasteiger partial charge on any atom is 0.246 e. The number of hydrogen-bond donors (Lipinski definition) is 1. The molecule has 7 heteroatoms. The monoisotopic (exact) mass is 282 g/mol. The molecule has 0 aliphatic carbocycles. The summed E-state index contributed by atoms with van der Waals surface area (Å²) in [6.07, 6.45) is 2.57. The van der Waals surface area contributed by atoms with Gasteiger partial charge in [-0.1, -0.05) is 0 Å². The Morgan fingerprint density at radius 2 is 2.30 bits per heavy atom. The lowest BCUT2D eigenvalue weighted by molar-refractivity contribution is -0.126.